The van der Waals surface area contributed by atoms with Crippen molar-refractivity contribution in [2.45, 2.75) is 0 Å². The lowest BCUT2D eigenvalue weighted by Crippen LogP contribution is -2.10. The number of nitrogen functional groups attached to an aromatic ring is 1. The molecule has 0 fully saturated rings. The summed E-state index contributed by atoms with van der Waals surface area (Å²) in [7, 11) is 0. The Hall–Kier alpha value is -2.52. The number of benzene rings is 3. The van der Waals surface area contributed by atoms with Crippen molar-refractivity contribution < 1.29 is 4.74 Å². The maximum atomic E-state index is 7.39. The highest BCUT2D eigenvalue weighted by Crippen LogP contribution is 2.31. The van der Waals surface area contributed by atoms with E-state index < -0.39 is 0 Å². The maximum absolute atomic E-state index is 7.39. The number of amidine groups is 1. The minimum atomic E-state index is -0.0193. The molecular weight excluding hydrogens is 284 g/mol. The fraction of sp³-hybridized carbons (Fsp3) is 0. The molecule has 104 valence electrons. The summed E-state index contributed by atoms with van der Waals surface area (Å²) in [6.45, 7) is 0. The van der Waals surface area contributed by atoms with Gasteiger partial charge in [0.2, 0.25) is 0 Å². The summed E-state index contributed by atoms with van der Waals surface area (Å²) in [5, 5.41) is 10.1. The van der Waals surface area contributed by atoms with Crippen LogP contribution in [0.15, 0.2) is 60.7 Å². The van der Waals surface area contributed by atoms with Gasteiger partial charge in [0.25, 0.3) is 0 Å². The predicted octanol–water partition coefficient (Wildman–Crippen LogP) is 4.57. The van der Waals surface area contributed by atoms with Gasteiger partial charge in [-0.25, -0.2) is 0 Å². The second-order valence-electron chi connectivity index (χ2n) is 4.67. The Morgan fingerprint density at radius 3 is 2.43 bits per heavy atom. The van der Waals surface area contributed by atoms with Crippen molar-refractivity contribution in [3.63, 3.8) is 0 Å². The van der Waals surface area contributed by atoms with Crippen LogP contribution in [0.5, 0.6) is 11.5 Å². The quantitative estimate of drug-likeness (QED) is 0.549. The van der Waals surface area contributed by atoms with E-state index in [1.165, 1.54) is 0 Å². The van der Waals surface area contributed by atoms with E-state index in [1.54, 1.807) is 18.2 Å². The zero-order valence-electron chi connectivity index (χ0n) is 11.1. The first-order valence-electron chi connectivity index (χ1n) is 6.44. The van der Waals surface area contributed by atoms with Gasteiger partial charge in [0.15, 0.2) is 0 Å². The second kappa shape index (κ2) is 5.46. The Labute approximate surface area is 127 Å². The number of nitrogens with two attached hydrogens (primary N) is 1. The predicted molar refractivity (Wildman–Crippen MR) is 86.5 cm³/mol. The van der Waals surface area contributed by atoms with Crippen LogP contribution >= 0.6 is 11.6 Å². The summed E-state index contributed by atoms with van der Waals surface area (Å²) in [4.78, 5) is 0. The molecule has 3 aromatic rings. The number of hydrogen-bond donors (Lipinski definition) is 2. The van der Waals surface area contributed by atoms with Crippen LogP contribution < -0.4 is 10.5 Å². The highest BCUT2D eigenvalue weighted by atomic mass is 35.5. The molecule has 0 aromatic heterocycles. The molecule has 0 bridgehead atoms. The van der Waals surface area contributed by atoms with Gasteiger partial charge < -0.3 is 10.5 Å². The maximum Gasteiger partial charge on any atom is 0.146 e. The number of hydrogen-bond acceptors (Lipinski definition) is 2. The van der Waals surface area contributed by atoms with E-state index in [0.717, 1.165) is 10.8 Å². The Bertz CT molecular complexity index is 830. The van der Waals surface area contributed by atoms with Crippen LogP contribution in [0.3, 0.4) is 0 Å². The van der Waals surface area contributed by atoms with E-state index in [2.05, 4.69) is 0 Å². The smallest absolute Gasteiger partial charge is 0.146 e. The molecule has 0 aliphatic carbocycles. The SMILES string of the molecule is N=C(N)c1ccc(Oc2ccc3ccccc3c2)c(Cl)c1. The van der Waals surface area contributed by atoms with Gasteiger partial charge in [-0.1, -0.05) is 41.9 Å². The van der Waals surface area contributed by atoms with E-state index in [0.29, 0.717) is 22.1 Å². The van der Waals surface area contributed by atoms with E-state index in [4.69, 9.17) is 27.5 Å². The Morgan fingerprint density at radius 2 is 1.71 bits per heavy atom. The molecule has 0 radical (unpaired) electrons. The molecule has 0 unspecified atom stereocenters. The van der Waals surface area contributed by atoms with Crippen LogP contribution in [-0.4, -0.2) is 5.84 Å². The molecule has 3 aromatic carbocycles. The number of fused-ring (bicyclic) bond motifs is 1. The van der Waals surface area contributed by atoms with E-state index in [9.17, 15) is 0 Å². The first-order valence-corrected chi connectivity index (χ1v) is 6.82. The van der Waals surface area contributed by atoms with Crippen LogP contribution in [-0.2, 0) is 0 Å². The van der Waals surface area contributed by atoms with Crippen LogP contribution in [0.1, 0.15) is 5.56 Å². The van der Waals surface area contributed by atoms with Gasteiger partial charge >= 0.3 is 0 Å². The van der Waals surface area contributed by atoms with Crippen molar-refractivity contribution in [3.8, 4) is 11.5 Å². The number of halogens is 1. The third-order valence-corrected chi connectivity index (χ3v) is 3.49. The zero-order chi connectivity index (χ0) is 14.8. The van der Waals surface area contributed by atoms with Gasteiger partial charge in [0, 0.05) is 5.56 Å². The summed E-state index contributed by atoms with van der Waals surface area (Å²) in [5.74, 6) is 1.23. The largest absolute Gasteiger partial charge is 0.456 e. The van der Waals surface area contributed by atoms with Gasteiger partial charge in [-0.05, 0) is 41.1 Å². The summed E-state index contributed by atoms with van der Waals surface area (Å²) in [6.07, 6.45) is 0. The van der Waals surface area contributed by atoms with Gasteiger partial charge in [0.05, 0.1) is 5.02 Å². The van der Waals surface area contributed by atoms with Crippen molar-refractivity contribution in [2.75, 3.05) is 0 Å². The topological polar surface area (TPSA) is 59.1 Å². The normalized spacial score (nSPS) is 10.5. The van der Waals surface area contributed by atoms with Crippen LogP contribution in [0, 0.1) is 5.41 Å². The third-order valence-electron chi connectivity index (χ3n) is 3.19. The lowest BCUT2D eigenvalue weighted by atomic mass is 10.1. The molecule has 21 heavy (non-hydrogen) atoms. The van der Waals surface area contributed by atoms with Gasteiger partial charge in [-0.3, -0.25) is 5.41 Å². The minimum absolute atomic E-state index is 0.0193. The van der Waals surface area contributed by atoms with E-state index in [1.807, 2.05) is 42.5 Å². The Morgan fingerprint density at radius 1 is 0.952 bits per heavy atom. The molecule has 3 nitrogen and oxygen atoms in total. The minimum Gasteiger partial charge on any atom is -0.456 e. The fourth-order valence-corrected chi connectivity index (χ4v) is 2.33. The lowest BCUT2D eigenvalue weighted by molar-refractivity contribution is 0.483. The molecule has 0 atom stereocenters. The first-order chi connectivity index (χ1) is 10.1. The van der Waals surface area contributed by atoms with Crippen LogP contribution in [0.25, 0.3) is 10.8 Å². The van der Waals surface area contributed by atoms with Crippen molar-refractivity contribution in [3.05, 3.63) is 71.2 Å². The third kappa shape index (κ3) is 2.83. The molecule has 3 rings (SSSR count). The van der Waals surface area contributed by atoms with Crippen molar-refractivity contribution in [1.82, 2.24) is 0 Å². The average molecular weight is 297 g/mol. The number of rotatable bonds is 3. The molecule has 3 N–H and O–H groups in total. The molecule has 0 saturated carbocycles. The van der Waals surface area contributed by atoms with Gasteiger partial charge in [-0.15, -0.1) is 0 Å². The number of nitrogens with one attached hydrogen (secondary N) is 1. The van der Waals surface area contributed by atoms with E-state index in [-0.39, 0.29) is 5.84 Å². The number of ether oxygens (including phenoxy) is 1. The summed E-state index contributed by atoms with van der Waals surface area (Å²) < 4.78 is 5.81. The van der Waals surface area contributed by atoms with Gasteiger partial charge in [0.1, 0.15) is 17.3 Å². The van der Waals surface area contributed by atoms with Crippen molar-refractivity contribution in [1.29, 1.82) is 5.41 Å². The Balaban J connectivity index is 1.93. The Kier molecular flexibility index (Phi) is 3.50. The van der Waals surface area contributed by atoms with Crippen LogP contribution in [0.4, 0.5) is 0 Å². The molecule has 0 spiro atoms. The van der Waals surface area contributed by atoms with E-state index >= 15 is 0 Å². The summed E-state index contributed by atoms with van der Waals surface area (Å²) in [5.41, 5.74) is 6.01. The lowest BCUT2D eigenvalue weighted by Gasteiger charge is -2.09. The molecule has 4 heteroatoms. The molecule has 0 saturated heterocycles. The molecule has 0 heterocycles. The highest BCUT2D eigenvalue weighted by Gasteiger charge is 2.06. The summed E-state index contributed by atoms with van der Waals surface area (Å²) in [6, 6.07) is 19.0. The highest BCUT2D eigenvalue weighted by molar-refractivity contribution is 6.32. The summed E-state index contributed by atoms with van der Waals surface area (Å²) >= 11 is 6.16. The van der Waals surface area contributed by atoms with Crippen LogP contribution in [0.2, 0.25) is 5.02 Å². The standard InChI is InChI=1S/C17H13ClN2O/c18-15-10-13(17(19)20)6-8-16(15)21-14-7-5-11-3-1-2-4-12(11)9-14/h1-10H,(H3,19,20). The molecule has 0 aliphatic rings. The van der Waals surface area contributed by atoms with Crippen molar-refractivity contribution >= 4 is 28.2 Å². The van der Waals surface area contributed by atoms with Gasteiger partial charge in [-0.2, -0.15) is 0 Å². The molecule has 0 amide bonds. The van der Waals surface area contributed by atoms with Crippen molar-refractivity contribution in [2.24, 2.45) is 5.73 Å². The monoisotopic (exact) mass is 296 g/mol. The molecule has 0 aliphatic heterocycles. The second-order valence-corrected chi connectivity index (χ2v) is 5.08. The zero-order valence-corrected chi connectivity index (χ0v) is 11.9. The average Bonchev–Trinajstić information content (AvgIpc) is 2.49. The molecular formula is C17H13ClN2O. The fourth-order valence-electron chi connectivity index (χ4n) is 2.11. The first kappa shape index (κ1) is 13.5.